The van der Waals surface area contributed by atoms with Gasteiger partial charge >= 0.3 is 0 Å². The number of nitrogens with zero attached hydrogens (tertiary/aromatic N) is 1. The Morgan fingerprint density at radius 3 is 2.75 bits per heavy atom. The van der Waals surface area contributed by atoms with Gasteiger partial charge in [-0.15, -0.1) is 0 Å². The largest absolute Gasteiger partial charge is 0.381 e. The molecule has 0 aromatic carbocycles. The zero-order valence-corrected chi connectivity index (χ0v) is 9.74. The normalized spacial score (nSPS) is 20.9. The van der Waals surface area contributed by atoms with Crippen molar-refractivity contribution in [2.75, 3.05) is 19.8 Å². The molecule has 0 bridgehead atoms. The standard InChI is InChI=1S/C11H22N4O/c12-15-11(14-10-4-5-10)13-6-1-7-16-8-9-2-3-9/h9-10H,1-8,12H2,(H2,13,14,15). The minimum absolute atomic E-state index is 0.584. The minimum Gasteiger partial charge on any atom is -0.381 e. The van der Waals surface area contributed by atoms with Gasteiger partial charge in [0.1, 0.15) is 0 Å². The molecular weight excluding hydrogens is 204 g/mol. The minimum atomic E-state index is 0.584. The molecule has 2 aliphatic carbocycles. The summed E-state index contributed by atoms with van der Waals surface area (Å²) in [7, 11) is 0. The zero-order valence-electron chi connectivity index (χ0n) is 9.74. The first-order chi connectivity index (χ1) is 7.88. The molecule has 2 saturated carbocycles. The summed E-state index contributed by atoms with van der Waals surface area (Å²) in [6.45, 7) is 2.51. The average molecular weight is 226 g/mol. The van der Waals surface area contributed by atoms with Gasteiger partial charge in [-0.3, -0.25) is 10.4 Å². The maximum Gasteiger partial charge on any atom is 0.205 e. The van der Waals surface area contributed by atoms with E-state index in [0.717, 1.165) is 32.1 Å². The lowest BCUT2D eigenvalue weighted by Gasteiger charge is -2.07. The molecule has 0 amide bonds. The number of aliphatic imine (C=N–C) groups is 1. The highest BCUT2D eigenvalue weighted by Crippen LogP contribution is 2.28. The molecule has 16 heavy (non-hydrogen) atoms. The topological polar surface area (TPSA) is 71.7 Å². The molecule has 0 aromatic heterocycles. The Hall–Kier alpha value is -0.810. The van der Waals surface area contributed by atoms with Crippen LogP contribution >= 0.6 is 0 Å². The van der Waals surface area contributed by atoms with Gasteiger partial charge in [-0.05, 0) is 38.0 Å². The molecule has 0 atom stereocenters. The second-order valence-electron chi connectivity index (χ2n) is 4.67. The summed E-state index contributed by atoms with van der Waals surface area (Å²) >= 11 is 0. The Labute approximate surface area is 96.8 Å². The van der Waals surface area contributed by atoms with Crippen molar-refractivity contribution in [2.24, 2.45) is 16.8 Å². The van der Waals surface area contributed by atoms with Gasteiger partial charge in [-0.1, -0.05) is 0 Å². The molecule has 2 rings (SSSR count). The van der Waals surface area contributed by atoms with Crippen molar-refractivity contribution in [3.8, 4) is 0 Å². The molecule has 5 nitrogen and oxygen atoms in total. The SMILES string of the molecule is NNC(=NCCCOCC1CC1)NC1CC1. The molecule has 0 spiro atoms. The van der Waals surface area contributed by atoms with Gasteiger partial charge in [0.15, 0.2) is 0 Å². The van der Waals surface area contributed by atoms with E-state index in [-0.39, 0.29) is 0 Å². The molecule has 2 fully saturated rings. The second kappa shape index (κ2) is 6.06. The monoisotopic (exact) mass is 226 g/mol. The number of hydrogen-bond donors (Lipinski definition) is 3. The summed E-state index contributed by atoms with van der Waals surface area (Å²) in [5, 5.41) is 3.23. The lowest BCUT2D eigenvalue weighted by atomic mass is 10.4. The fourth-order valence-electron chi connectivity index (χ4n) is 1.45. The Bertz CT molecular complexity index is 236. The summed E-state index contributed by atoms with van der Waals surface area (Å²) < 4.78 is 5.53. The van der Waals surface area contributed by atoms with E-state index >= 15 is 0 Å². The van der Waals surface area contributed by atoms with Crippen molar-refractivity contribution < 1.29 is 4.74 Å². The highest BCUT2D eigenvalue weighted by atomic mass is 16.5. The summed E-state index contributed by atoms with van der Waals surface area (Å²) in [6.07, 6.45) is 6.12. The first-order valence-corrected chi connectivity index (χ1v) is 6.24. The lowest BCUT2D eigenvalue weighted by molar-refractivity contribution is 0.123. The van der Waals surface area contributed by atoms with Crippen molar-refractivity contribution in [2.45, 2.75) is 38.1 Å². The molecule has 5 heteroatoms. The highest BCUT2D eigenvalue weighted by Gasteiger charge is 2.22. The zero-order chi connectivity index (χ0) is 11.2. The molecule has 0 saturated heterocycles. The van der Waals surface area contributed by atoms with Crippen LogP contribution < -0.4 is 16.6 Å². The molecular formula is C11H22N4O. The summed E-state index contributed by atoms with van der Waals surface area (Å²) in [4.78, 5) is 4.34. The van der Waals surface area contributed by atoms with Crippen molar-refractivity contribution in [1.29, 1.82) is 0 Å². The van der Waals surface area contributed by atoms with Crippen LogP contribution in [0.4, 0.5) is 0 Å². The Kier molecular flexibility index (Phi) is 4.42. The fraction of sp³-hybridized carbons (Fsp3) is 0.909. The second-order valence-corrected chi connectivity index (χ2v) is 4.67. The predicted molar refractivity (Wildman–Crippen MR) is 63.9 cm³/mol. The number of rotatable bonds is 7. The quantitative estimate of drug-likeness (QED) is 0.193. The van der Waals surface area contributed by atoms with Crippen LogP contribution in [-0.4, -0.2) is 31.8 Å². The van der Waals surface area contributed by atoms with Crippen LogP contribution in [-0.2, 0) is 4.74 Å². The third-order valence-electron chi connectivity index (χ3n) is 2.82. The van der Waals surface area contributed by atoms with Crippen LogP contribution in [0.5, 0.6) is 0 Å². The summed E-state index contributed by atoms with van der Waals surface area (Å²) in [6, 6.07) is 0.584. The highest BCUT2D eigenvalue weighted by molar-refractivity contribution is 5.79. The van der Waals surface area contributed by atoms with E-state index in [1.54, 1.807) is 0 Å². The first-order valence-electron chi connectivity index (χ1n) is 6.24. The molecule has 0 aromatic rings. The molecule has 0 unspecified atom stereocenters. The van der Waals surface area contributed by atoms with Crippen LogP contribution in [0.15, 0.2) is 4.99 Å². The van der Waals surface area contributed by atoms with Gasteiger partial charge < -0.3 is 10.1 Å². The van der Waals surface area contributed by atoms with Crippen molar-refractivity contribution >= 4 is 5.96 Å². The maximum absolute atomic E-state index is 5.53. The van der Waals surface area contributed by atoms with Gasteiger partial charge in [0.25, 0.3) is 0 Å². The van der Waals surface area contributed by atoms with Gasteiger partial charge in [0, 0.05) is 25.8 Å². The van der Waals surface area contributed by atoms with E-state index in [4.69, 9.17) is 10.6 Å². The van der Waals surface area contributed by atoms with Gasteiger partial charge in [-0.25, -0.2) is 5.84 Å². The van der Waals surface area contributed by atoms with E-state index < -0.39 is 0 Å². The Balaban J connectivity index is 1.47. The number of hydrazine groups is 1. The first kappa shape index (κ1) is 11.7. The Morgan fingerprint density at radius 1 is 1.31 bits per heavy atom. The third kappa shape index (κ3) is 4.81. The van der Waals surface area contributed by atoms with Crippen LogP contribution in [0.3, 0.4) is 0 Å². The van der Waals surface area contributed by atoms with Crippen molar-refractivity contribution in [3.63, 3.8) is 0 Å². The van der Waals surface area contributed by atoms with Crippen LogP contribution in [0.1, 0.15) is 32.1 Å². The van der Waals surface area contributed by atoms with Crippen LogP contribution in [0, 0.1) is 5.92 Å². The number of nitrogens with two attached hydrogens (primary N) is 1. The van der Waals surface area contributed by atoms with Crippen molar-refractivity contribution in [1.82, 2.24) is 10.7 Å². The van der Waals surface area contributed by atoms with Gasteiger partial charge in [0.05, 0.1) is 0 Å². The number of hydrogen-bond acceptors (Lipinski definition) is 3. The van der Waals surface area contributed by atoms with E-state index in [9.17, 15) is 0 Å². The average Bonchev–Trinajstić information content (AvgIpc) is 3.14. The van der Waals surface area contributed by atoms with Gasteiger partial charge in [-0.2, -0.15) is 0 Å². The molecule has 4 N–H and O–H groups in total. The van der Waals surface area contributed by atoms with E-state index in [1.807, 2.05) is 0 Å². The molecule has 2 aliphatic rings. The van der Waals surface area contributed by atoms with Crippen LogP contribution in [0.2, 0.25) is 0 Å². The van der Waals surface area contributed by atoms with E-state index in [2.05, 4.69) is 15.7 Å². The summed E-state index contributed by atoms with van der Waals surface area (Å²) in [5.74, 6) is 6.92. The number of nitrogens with one attached hydrogen (secondary N) is 2. The number of guanidine groups is 1. The molecule has 0 heterocycles. The van der Waals surface area contributed by atoms with Gasteiger partial charge in [0.2, 0.25) is 5.96 Å². The Morgan fingerprint density at radius 2 is 2.12 bits per heavy atom. The molecule has 0 aliphatic heterocycles. The summed E-state index contributed by atoms with van der Waals surface area (Å²) in [5.41, 5.74) is 2.59. The predicted octanol–water partition coefficient (Wildman–Crippen LogP) is 0.374. The van der Waals surface area contributed by atoms with E-state index in [0.29, 0.717) is 12.0 Å². The lowest BCUT2D eigenvalue weighted by Crippen LogP contribution is -2.42. The maximum atomic E-state index is 5.53. The third-order valence-corrected chi connectivity index (χ3v) is 2.82. The fourth-order valence-corrected chi connectivity index (χ4v) is 1.45. The van der Waals surface area contributed by atoms with Crippen molar-refractivity contribution in [3.05, 3.63) is 0 Å². The smallest absolute Gasteiger partial charge is 0.205 e. The number of ether oxygens (including phenoxy) is 1. The molecule has 0 radical (unpaired) electrons. The molecule has 92 valence electrons. The van der Waals surface area contributed by atoms with E-state index in [1.165, 1.54) is 25.7 Å². The van der Waals surface area contributed by atoms with Crippen LogP contribution in [0.25, 0.3) is 0 Å².